The first-order valence-corrected chi connectivity index (χ1v) is 13.2. The summed E-state index contributed by atoms with van der Waals surface area (Å²) in [7, 11) is 1.77. The molecule has 0 aliphatic carbocycles. The Hall–Kier alpha value is -2.79. The van der Waals surface area contributed by atoms with E-state index in [1.807, 2.05) is 0 Å². The van der Waals surface area contributed by atoms with Crippen LogP contribution in [0.3, 0.4) is 0 Å². The molecule has 1 saturated heterocycles. The van der Waals surface area contributed by atoms with Gasteiger partial charge in [-0.05, 0) is 42.5 Å². The molecule has 0 unspecified atom stereocenters. The van der Waals surface area contributed by atoms with Gasteiger partial charge in [0.2, 0.25) is 0 Å². The van der Waals surface area contributed by atoms with Gasteiger partial charge in [0.05, 0.1) is 25.0 Å². The maximum atomic E-state index is 6.27. The Morgan fingerprint density at radius 2 is 1.97 bits per heavy atom. The molecule has 6 nitrogen and oxygen atoms in total. The summed E-state index contributed by atoms with van der Waals surface area (Å²) in [5, 5.41) is 3.43. The molecule has 1 fully saturated rings. The van der Waals surface area contributed by atoms with Crippen molar-refractivity contribution in [3.63, 3.8) is 0 Å². The second kappa shape index (κ2) is 12.8. The first kappa shape index (κ1) is 25.3. The van der Waals surface area contributed by atoms with E-state index in [4.69, 9.17) is 15.5 Å². The lowest BCUT2D eigenvalue weighted by Gasteiger charge is -2.28. The third-order valence-corrected chi connectivity index (χ3v) is 6.95. The number of rotatable bonds is 10. The Labute approximate surface area is 210 Å². The Bertz CT molecular complexity index is 1030. The number of piperazine rings is 1. The molecule has 4 rings (SSSR count). The van der Waals surface area contributed by atoms with Gasteiger partial charge in [-0.3, -0.25) is 4.90 Å². The van der Waals surface area contributed by atoms with Crippen LogP contribution in [0.4, 0.5) is 0 Å². The number of aliphatic imine (C=N–C) groups is 1. The van der Waals surface area contributed by atoms with Gasteiger partial charge < -0.3 is 20.7 Å². The Morgan fingerprint density at radius 3 is 2.77 bits per heavy atom. The van der Waals surface area contributed by atoms with Crippen molar-refractivity contribution in [3.05, 3.63) is 70.4 Å². The smallest absolute Gasteiger partial charge is 0.124 e. The normalized spacial score (nSPS) is 18.6. The third-order valence-electron chi connectivity index (χ3n) is 6.95. The van der Waals surface area contributed by atoms with Crippen molar-refractivity contribution in [2.75, 3.05) is 33.3 Å². The molecular formula is C29H41N5O. The molecule has 0 amide bonds. The largest absolute Gasteiger partial charge is 0.496 e. The Morgan fingerprint density at radius 1 is 1.11 bits per heavy atom. The van der Waals surface area contributed by atoms with E-state index in [9.17, 15) is 0 Å². The Balaban J connectivity index is 1.59. The molecule has 0 bridgehead atoms. The monoisotopic (exact) mass is 475 g/mol. The molecule has 3 aliphatic rings. The van der Waals surface area contributed by atoms with Crippen LogP contribution in [0.2, 0.25) is 0 Å². The van der Waals surface area contributed by atoms with Gasteiger partial charge >= 0.3 is 0 Å². The van der Waals surface area contributed by atoms with Crippen LogP contribution in [0, 0.1) is 0 Å². The van der Waals surface area contributed by atoms with E-state index in [1.54, 1.807) is 7.11 Å². The number of allylic oxidation sites excluding steroid dienone is 3. The van der Waals surface area contributed by atoms with Crippen LogP contribution in [0.15, 0.2) is 64.2 Å². The van der Waals surface area contributed by atoms with Gasteiger partial charge in [-0.25, -0.2) is 4.99 Å². The van der Waals surface area contributed by atoms with E-state index in [1.165, 1.54) is 36.1 Å². The predicted molar refractivity (Wildman–Crippen MR) is 144 cm³/mol. The molecule has 0 atom stereocenters. The van der Waals surface area contributed by atoms with Crippen LogP contribution in [-0.4, -0.2) is 48.9 Å². The summed E-state index contributed by atoms with van der Waals surface area (Å²) in [6.07, 6.45) is 13.7. The van der Waals surface area contributed by atoms with E-state index >= 15 is 0 Å². The molecule has 6 heteroatoms. The fraction of sp³-hybridized carbons (Fsp3) is 0.517. The SMILES string of the molecule is CCCCCCC1=C2C(=CCC(N)=N1)CC=C=CN2Cc1ccc(CN2CCNCC2)cc1OC. The summed E-state index contributed by atoms with van der Waals surface area (Å²) < 4.78 is 5.87. The summed E-state index contributed by atoms with van der Waals surface area (Å²) in [5.41, 5.74) is 15.7. The maximum absolute atomic E-state index is 6.27. The number of nitrogens with zero attached hydrogens (tertiary/aromatic N) is 3. The number of hydrogen-bond donors (Lipinski definition) is 2. The number of amidine groups is 1. The number of benzene rings is 1. The Kier molecular flexibility index (Phi) is 9.24. The van der Waals surface area contributed by atoms with Gasteiger partial charge in [-0.15, -0.1) is 5.73 Å². The van der Waals surface area contributed by atoms with Gasteiger partial charge in [0.15, 0.2) is 0 Å². The van der Waals surface area contributed by atoms with Gasteiger partial charge in [0.25, 0.3) is 0 Å². The number of hydrogen-bond acceptors (Lipinski definition) is 6. The molecule has 3 aliphatic heterocycles. The zero-order valence-electron chi connectivity index (χ0n) is 21.5. The number of unbranched alkanes of at least 4 members (excludes halogenated alkanes) is 3. The van der Waals surface area contributed by atoms with Crippen LogP contribution in [0.1, 0.15) is 63.0 Å². The number of ether oxygens (including phenoxy) is 1. The molecule has 188 valence electrons. The van der Waals surface area contributed by atoms with E-state index < -0.39 is 0 Å². The standard InChI is InChI=1S/C29H41N5O/c1-3-4-5-6-10-26-29-24(13-14-28(30)32-26)9-7-8-17-34(29)22-25-12-11-23(20-27(25)35-2)21-33-18-15-31-16-19-33/h7,11-13,17,20,31H,3-6,9-10,14-16,18-19,21-22H2,1-2H3,(H2,30,32). The molecule has 3 heterocycles. The highest BCUT2D eigenvalue weighted by atomic mass is 16.5. The lowest BCUT2D eigenvalue weighted by Crippen LogP contribution is -2.42. The zero-order valence-corrected chi connectivity index (χ0v) is 21.5. The van der Waals surface area contributed by atoms with E-state index in [2.05, 4.69) is 64.3 Å². The van der Waals surface area contributed by atoms with Crippen molar-refractivity contribution in [1.29, 1.82) is 0 Å². The first-order valence-electron chi connectivity index (χ1n) is 13.2. The molecule has 0 spiro atoms. The average Bonchev–Trinajstić information content (AvgIpc) is 3.17. The lowest BCUT2D eigenvalue weighted by atomic mass is 10.0. The second-order valence-corrected chi connectivity index (χ2v) is 9.65. The topological polar surface area (TPSA) is 66.1 Å². The van der Waals surface area contributed by atoms with Crippen molar-refractivity contribution in [2.45, 2.75) is 65.0 Å². The van der Waals surface area contributed by atoms with Crippen molar-refractivity contribution < 1.29 is 4.74 Å². The summed E-state index contributed by atoms with van der Waals surface area (Å²) >= 11 is 0. The molecule has 1 aromatic carbocycles. The molecule has 3 N–H and O–H groups in total. The van der Waals surface area contributed by atoms with Gasteiger partial charge in [0, 0.05) is 50.9 Å². The lowest BCUT2D eigenvalue weighted by molar-refractivity contribution is 0.233. The van der Waals surface area contributed by atoms with Crippen molar-refractivity contribution in [3.8, 4) is 5.75 Å². The van der Waals surface area contributed by atoms with Gasteiger partial charge in [-0.1, -0.05) is 44.4 Å². The van der Waals surface area contributed by atoms with Crippen LogP contribution in [0.5, 0.6) is 5.75 Å². The maximum Gasteiger partial charge on any atom is 0.124 e. The van der Waals surface area contributed by atoms with Gasteiger partial charge in [-0.2, -0.15) is 0 Å². The van der Waals surface area contributed by atoms with Gasteiger partial charge in [0.1, 0.15) is 11.6 Å². The van der Waals surface area contributed by atoms with E-state index in [0.29, 0.717) is 18.8 Å². The second-order valence-electron chi connectivity index (χ2n) is 9.65. The van der Waals surface area contributed by atoms with Crippen molar-refractivity contribution in [2.24, 2.45) is 10.7 Å². The highest BCUT2D eigenvalue weighted by molar-refractivity contribution is 5.83. The molecule has 1 aromatic rings. The number of nitrogens with one attached hydrogen (secondary N) is 1. The summed E-state index contributed by atoms with van der Waals surface area (Å²) in [4.78, 5) is 9.68. The number of methoxy groups -OCH3 is 1. The fourth-order valence-corrected chi connectivity index (χ4v) is 5.04. The predicted octanol–water partition coefficient (Wildman–Crippen LogP) is 4.84. The number of fused-ring (bicyclic) bond motifs is 1. The minimum atomic E-state index is 0.697. The molecule has 35 heavy (non-hydrogen) atoms. The number of nitrogens with two attached hydrogens (primary N) is 1. The zero-order chi connectivity index (χ0) is 24.5. The van der Waals surface area contributed by atoms with E-state index in [0.717, 1.165) is 69.0 Å². The molecule has 0 radical (unpaired) electrons. The van der Waals surface area contributed by atoms with Crippen LogP contribution < -0.4 is 15.8 Å². The quantitative estimate of drug-likeness (QED) is 0.374. The van der Waals surface area contributed by atoms with Crippen molar-refractivity contribution >= 4 is 5.84 Å². The highest BCUT2D eigenvalue weighted by Crippen LogP contribution is 2.33. The fourth-order valence-electron chi connectivity index (χ4n) is 5.04. The van der Waals surface area contributed by atoms with E-state index in [-0.39, 0.29) is 0 Å². The molecule has 0 aromatic heterocycles. The third kappa shape index (κ3) is 6.88. The average molecular weight is 476 g/mol. The van der Waals surface area contributed by atoms with Crippen LogP contribution >= 0.6 is 0 Å². The summed E-state index contributed by atoms with van der Waals surface area (Å²) in [5.74, 6) is 1.64. The van der Waals surface area contributed by atoms with Crippen LogP contribution in [-0.2, 0) is 13.1 Å². The first-order chi connectivity index (χ1) is 17.2. The molecule has 0 saturated carbocycles. The highest BCUT2D eigenvalue weighted by Gasteiger charge is 2.22. The van der Waals surface area contributed by atoms with Crippen molar-refractivity contribution in [1.82, 2.24) is 15.1 Å². The summed E-state index contributed by atoms with van der Waals surface area (Å²) in [6, 6.07) is 6.67. The molecular weight excluding hydrogens is 434 g/mol. The summed E-state index contributed by atoms with van der Waals surface area (Å²) in [6.45, 7) is 8.20. The van der Waals surface area contributed by atoms with Crippen LogP contribution in [0.25, 0.3) is 0 Å². The minimum absolute atomic E-state index is 0.697. The minimum Gasteiger partial charge on any atom is -0.496 e.